The molecule has 1 aliphatic heterocycles. The molecule has 0 aromatic carbocycles. The molecule has 19 heavy (non-hydrogen) atoms. The summed E-state index contributed by atoms with van der Waals surface area (Å²) in [6.45, 7) is 0.734. The first-order valence-electron chi connectivity index (χ1n) is 6.34. The van der Waals surface area contributed by atoms with E-state index < -0.39 is 10.8 Å². The van der Waals surface area contributed by atoms with Gasteiger partial charge in [-0.15, -0.1) is 11.3 Å². The van der Waals surface area contributed by atoms with Crippen molar-refractivity contribution in [2.75, 3.05) is 18.6 Å². The second kappa shape index (κ2) is 5.60. The van der Waals surface area contributed by atoms with Gasteiger partial charge in [-0.1, -0.05) is 0 Å². The van der Waals surface area contributed by atoms with Crippen molar-refractivity contribution in [2.45, 2.75) is 25.4 Å². The zero-order valence-corrected chi connectivity index (χ0v) is 12.4. The van der Waals surface area contributed by atoms with Gasteiger partial charge in [0.15, 0.2) is 4.96 Å². The number of imidazole rings is 1. The number of rotatable bonds is 4. The lowest BCUT2D eigenvalue weighted by molar-refractivity contribution is 0.388. The van der Waals surface area contributed by atoms with E-state index in [0.717, 1.165) is 41.5 Å². The second-order valence-corrected chi connectivity index (χ2v) is 7.20. The van der Waals surface area contributed by atoms with Crippen LogP contribution in [-0.4, -0.2) is 38.3 Å². The molecule has 1 aliphatic rings. The summed E-state index contributed by atoms with van der Waals surface area (Å²) in [6.07, 6.45) is 3.99. The molecule has 1 fully saturated rings. The lowest BCUT2D eigenvalue weighted by Gasteiger charge is -2.22. The summed E-state index contributed by atoms with van der Waals surface area (Å²) in [6, 6.07) is 0.451. The molecule has 1 N–H and O–H groups in total. The molecule has 0 aliphatic carbocycles. The maximum absolute atomic E-state index is 11.3. The molecule has 5 nitrogen and oxygen atoms in total. The Hall–Kier alpha value is -0.920. The van der Waals surface area contributed by atoms with Gasteiger partial charge in [-0.2, -0.15) is 4.98 Å². The third-order valence-corrected chi connectivity index (χ3v) is 5.60. The van der Waals surface area contributed by atoms with E-state index in [2.05, 4.69) is 14.7 Å². The molecule has 0 atom stereocenters. The van der Waals surface area contributed by atoms with Gasteiger partial charge in [0, 0.05) is 46.5 Å². The van der Waals surface area contributed by atoms with E-state index >= 15 is 0 Å². The van der Waals surface area contributed by atoms with E-state index in [1.165, 1.54) is 0 Å². The Morgan fingerprint density at radius 3 is 3.11 bits per heavy atom. The van der Waals surface area contributed by atoms with Crippen molar-refractivity contribution >= 4 is 27.1 Å². The van der Waals surface area contributed by atoms with Crippen molar-refractivity contribution < 1.29 is 8.95 Å². The zero-order valence-electron chi connectivity index (χ0n) is 10.8. The van der Waals surface area contributed by atoms with E-state index in [1.807, 2.05) is 11.6 Å². The summed E-state index contributed by atoms with van der Waals surface area (Å²) in [4.78, 5) is 5.39. The lowest BCUT2D eigenvalue weighted by atomic mass is 10.1. The number of hydrogen-bond donors (Lipinski definition) is 1. The number of hydrogen-bond acceptors (Lipinski definition) is 5. The van der Waals surface area contributed by atoms with Crippen molar-refractivity contribution in [3.05, 3.63) is 17.3 Å². The molecular weight excluding hydrogens is 282 g/mol. The molecule has 0 bridgehead atoms. The summed E-state index contributed by atoms with van der Waals surface area (Å²) in [5.74, 6) is 2.32. The Bertz CT molecular complexity index is 583. The fourth-order valence-electron chi connectivity index (χ4n) is 2.38. The topological polar surface area (TPSA) is 55.6 Å². The summed E-state index contributed by atoms with van der Waals surface area (Å²) in [7, 11) is 1.05. The highest BCUT2D eigenvalue weighted by Crippen LogP contribution is 2.23. The molecule has 2 aromatic heterocycles. The Labute approximate surface area is 118 Å². The van der Waals surface area contributed by atoms with Gasteiger partial charge in [0.25, 0.3) is 0 Å². The lowest BCUT2D eigenvalue weighted by Crippen LogP contribution is -2.35. The van der Waals surface area contributed by atoms with E-state index in [1.54, 1.807) is 18.4 Å². The third kappa shape index (κ3) is 2.68. The molecule has 3 heterocycles. The van der Waals surface area contributed by atoms with Crippen LogP contribution in [0.1, 0.15) is 18.5 Å². The predicted octanol–water partition coefficient (Wildman–Crippen LogP) is 1.41. The largest absolute Gasteiger partial charge is 0.480 e. The van der Waals surface area contributed by atoms with Gasteiger partial charge in [-0.25, -0.2) is 0 Å². The van der Waals surface area contributed by atoms with Crippen LogP contribution in [0.4, 0.5) is 0 Å². The van der Waals surface area contributed by atoms with Gasteiger partial charge >= 0.3 is 0 Å². The Morgan fingerprint density at radius 1 is 1.58 bits per heavy atom. The van der Waals surface area contributed by atoms with Crippen molar-refractivity contribution in [3.8, 4) is 5.88 Å². The van der Waals surface area contributed by atoms with E-state index in [9.17, 15) is 4.21 Å². The van der Waals surface area contributed by atoms with Gasteiger partial charge < -0.3 is 10.1 Å². The number of thiazole rings is 1. The highest BCUT2D eigenvalue weighted by Gasteiger charge is 2.19. The summed E-state index contributed by atoms with van der Waals surface area (Å²) in [5.41, 5.74) is 1.06. The Balaban J connectivity index is 1.70. The quantitative estimate of drug-likeness (QED) is 0.927. The molecule has 0 spiro atoms. The monoisotopic (exact) mass is 299 g/mol. The van der Waals surface area contributed by atoms with Gasteiger partial charge in [0.1, 0.15) is 5.69 Å². The van der Waals surface area contributed by atoms with E-state index in [4.69, 9.17) is 4.74 Å². The molecule has 0 amide bonds. The minimum atomic E-state index is -0.604. The van der Waals surface area contributed by atoms with Crippen molar-refractivity contribution in [3.63, 3.8) is 0 Å². The minimum absolute atomic E-state index is 0.451. The van der Waals surface area contributed by atoms with Crippen LogP contribution >= 0.6 is 11.3 Å². The van der Waals surface area contributed by atoms with Crippen LogP contribution in [0.5, 0.6) is 5.88 Å². The number of ether oxygens (including phenoxy) is 1. The number of aromatic nitrogens is 2. The zero-order chi connectivity index (χ0) is 13.2. The highest BCUT2D eigenvalue weighted by atomic mass is 32.2. The summed E-state index contributed by atoms with van der Waals surface area (Å²) < 4.78 is 18.7. The standard InChI is InChI=1S/C12H17N3O2S2/c1-17-11-10(15-4-5-18-12(15)14-11)8-13-9-2-6-19(16)7-3-9/h4-5,9,13H,2-3,6-8H2,1H3. The fraction of sp³-hybridized carbons (Fsp3) is 0.583. The van der Waals surface area contributed by atoms with Crippen LogP contribution in [-0.2, 0) is 17.3 Å². The third-order valence-electron chi connectivity index (χ3n) is 3.46. The maximum atomic E-state index is 11.3. The number of nitrogens with zero attached hydrogens (tertiary/aromatic N) is 2. The highest BCUT2D eigenvalue weighted by molar-refractivity contribution is 7.85. The van der Waals surface area contributed by atoms with Crippen LogP contribution in [0.3, 0.4) is 0 Å². The van der Waals surface area contributed by atoms with Gasteiger partial charge in [-0.05, 0) is 12.8 Å². The van der Waals surface area contributed by atoms with Gasteiger partial charge in [0.2, 0.25) is 5.88 Å². The van der Waals surface area contributed by atoms with Crippen molar-refractivity contribution in [1.29, 1.82) is 0 Å². The Morgan fingerprint density at radius 2 is 2.37 bits per heavy atom. The van der Waals surface area contributed by atoms with E-state index in [-0.39, 0.29) is 0 Å². The second-order valence-electron chi connectivity index (χ2n) is 4.63. The molecular formula is C12H17N3O2S2. The first-order valence-corrected chi connectivity index (χ1v) is 8.71. The van der Waals surface area contributed by atoms with Crippen LogP contribution < -0.4 is 10.1 Å². The first kappa shape index (κ1) is 13.1. The number of nitrogens with one attached hydrogen (secondary N) is 1. The van der Waals surface area contributed by atoms with Gasteiger partial charge in [0.05, 0.1) is 7.11 Å². The molecule has 1 saturated heterocycles. The average molecular weight is 299 g/mol. The molecule has 104 valence electrons. The molecule has 0 saturated carbocycles. The predicted molar refractivity (Wildman–Crippen MR) is 77.4 cm³/mol. The average Bonchev–Trinajstić information content (AvgIpc) is 2.99. The summed E-state index contributed by atoms with van der Waals surface area (Å²) >= 11 is 1.60. The Kier molecular flexibility index (Phi) is 3.86. The smallest absolute Gasteiger partial charge is 0.237 e. The van der Waals surface area contributed by atoms with Crippen LogP contribution in [0.2, 0.25) is 0 Å². The first-order chi connectivity index (χ1) is 9.28. The number of methoxy groups -OCH3 is 1. The van der Waals surface area contributed by atoms with Crippen LogP contribution in [0.15, 0.2) is 11.6 Å². The molecule has 7 heteroatoms. The van der Waals surface area contributed by atoms with Crippen molar-refractivity contribution in [2.24, 2.45) is 0 Å². The fourth-order valence-corrected chi connectivity index (χ4v) is 4.40. The van der Waals surface area contributed by atoms with Crippen LogP contribution in [0, 0.1) is 0 Å². The van der Waals surface area contributed by atoms with Gasteiger partial charge in [-0.3, -0.25) is 8.61 Å². The molecule has 0 radical (unpaired) electrons. The SMILES string of the molecule is COc1nc2sccn2c1CNC1CCS(=O)CC1. The molecule has 0 unspecified atom stereocenters. The molecule has 2 aromatic rings. The summed E-state index contributed by atoms with van der Waals surface area (Å²) in [5, 5.41) is 5.55. The normalized spacial score (nSPS) is 23.8. The number of fused-ring (bicyclic) bond motifs is 1. The van der Waals surface area contributed by atoms with Crippen molar-refractivity contribution in [1.82, 2.24) is 14.7 Å². The molecule has 3 rings (SSSR count). The van der Waals surface area contributed by atoms with Crippen LogP contribution in [0.25, 0.3) is 4.96 Å². The maximum Gasteiger partial charge on any atom is 0.237 e. The minimum Gasteiger partial charge on any atom is -0.480 e. The van der Waals surface area contributed by atoms with E-state index in [0.29, 0.717) is 11.9 Å².